The lowest BCUT2D eigenvalue weighted by atomic mass is 10.2. The van der Waals surface area contributed by atoms with Gasteiger partial charge in [-0.2, -0.15) is 4.98 Å². The highest BCUT2D eigenvalue weighted by Gasteiger charge is 2.20. The van der Waals surface area contributed by atoms with Crippen LogP contribution in [-0.2, 0) is 16.6 Å². The number of hydrogen-bond acceptors (Lipinski definition) is 6. The van der Waals surface area contributed by atoms with Gasteiger partial charge in [0.25, 0.3) is 0 Å². The third-order valence-corrected chi connectivity index (χ3v) is 5.29. The second-order valence-electron chi connectivity index (χ2n) is 6.17. The van der Waals surface area contributed by atoms with Crippen molar-refractivity contribution in [3.05, 3.63) is 58.1 Å². The van der Waals surface area contributed by atoms with E-state index in [9.17, 15) is 22.0 Å². The summed E-state index contributed by atoms with van der Waals surface area (Å²) in [5.41, 5.74) is -0.165. The molecule has 4 rings (SSSR count). The number of imidazole rings is 1. The van der Waals surface area contributed by atoms with Crippen LogP contribution < -0.4 is 15.6 Å². The van der Waals surface area contributed by atoms with Crippen LogP contribution in [0.4, 0.5) is 8.78 Å². The maximum atomic E-state index is 14.5. The second-order valence-corrected chi connectivity index (χ2v) is 7.73. The first-order chi connectivity index (χ1) is 13.7. The van der Waals surface area contributed by atoms with Gasteiger partial charge in [0.05, 0.1) is 35.8 Å². The van der Waals surface area contributed by atoms with Crippen LogP contribution in [-0.4, -0.2) is 35.0 Å². The van der Waals surface area contributed by atoms with Gasteiger partial charge in [0.2, 0.25) is 15.9 Å². The van der Waals surface area contributed by atoms with E-state index in [2.05, 4.69) is 15.0 Å². The Morgan fingerprint density at radius 1 is 1.24 bits per heavy atom. The minimum atomic E-state index is -4.29. The van der Waals surface area contributed by atoms with Crippen LogP contribution in [0, 0.1) is 11.6 Å². The molecule has 0 fully saturated rings. The third-order valence-electron chi connectivity index (χ3n) is 4.40. The minimum Gasteiger partial charge on any atom is -0.481 e. The predicted octanol–water partition coefficient (Wildman–Crippen LogP) is 1.26. The fourth-order valence-electron chi connectivity index (χ4n) is 3.03. The lowest BCUT2D eigenvalue weighted by molar-refractivity contribution is 0.399. The van der Waals surface area contributed by atoms with Crippen molar-refractivity contribution < 1.29 is 21.9 Å². The van der Waals surface area contributed by atoms with Gasteiger partial charge >= 0.3 is 5.69 Å². The van der Waals surface area contributed by atoms with Crippen LogP contribution in [0.3, 0.4) is 0 Å². The predicted molar refractivity (Wildman–Crippen MR) is 99.0 cm³/mol. The van der Waals surface area contributed by atoms with E-state index in [4.69, 9.17) is 9.88 Å². The smallest absolute Gasteiger partial charge is 0.326 e. The number of methoxy groups -OCH3 is 1. The number of halogens is 2. The summed E-state index contributed by atoms with van der Waals surface area (Å²) in [5, 5.41) is 5.38. The third kappa shape index (κ3) is 3.21. The van der Waals surface area contributed by atoms with Crippen LogP contribution in [0.2, 0.25) is 0 Å². The van der Waals surface area contributed by atoms with Gasteiger partial charge in [-0.05, 0) is 18.2 Å². The number of primary sulfonamides is 1. The van der Waals surface area contributed by atoms with Gasteiger partial charge in [0.15, 0.2) is 5.65 Å². The number of ether oxygens (including phenoxy) is 1. The highest BCUT2D eigenvalue weighted by atomic mass is 32.2. The second kappa shape index (κ2) is 6.60. The van der Waals surface area contributed by atoms with Crippen LogP contribution in [0.15, 0.2) is 40.2 Å². The zero-order valence-electron chi connectivity index (χ0n) is 14.8. The Kier molecular flexibility index (Phi) is 4.31. The van der Waals surface area contributed by atoms with Crippen LogP contribution in [0.5, 0.6) is 5.88 Å². The number of nitrogens with one attached hydrogen (secondary N) is 1. The first-order valence-electron chi connectivity index (χ1n) is 8.12. The van der Waals surface area contributed by atoms with Gasteiger partial charge in [-0.25, -0.2) is 32.1 Å². The molecule has 0 amide bonds. The van der Waals surface area contributed by atoms with E-state index < -0.39 is 44.4 Å². The van der Waals surface area contributed by atoms with E-state index in [0.717, 1.165) is 4.57 Å². The number of sulfonamides is 1. The maximum Gasteiger partial charge on any atom is 0.326 e. The van der Waals surface area contributed by atoms with Crippen molar-refractivity contribution in [2.45, 2.75) is 11.4 Å². The molecule has 0 unspecified atom stereocenters. The van der Waals surface area contributed by atoms with Crippen molar-refractivity contribution in [1.82, 2.24) is 19.5 Å². The van der Waals surface area contributed by atoms with Crippen LogP contribution >= 0.6 is 0 Å². The molecule has 1 aromatic carbocycles. The van der Waals surface area contributed by atoms with E-state index >= 15 is 0 Å². The molecule has 0 aliphatic rings. The zero-order chi connectivity index (χ0) is 20.9. The number of aromatic amines is 1. The number of aromatic nitrogens is 4. The molecule has 0 aliphatic carbocycles. The molecule has 3 heterocycles. The van der Waals surface area contributed by atoms with Gasteiger partial charge in [0, 0.05) is 17.0 Å². The summed E-state index contributed by atoms with van der Waals surface area (Å²) < 4.78 is 57.8. The van der Waals surface area contributed by atoms with Crippen molar-refractivity contribution in [3.63, 3.8) is 0 Å². The first-order valence-corrected chi connectivity index (χ1v) is 9.66. The molecule has 12 heteroatoms. The summed E-state index contributed by atoms with van der Waals surface area (Å²) >= 11 is 0. The summed E-state index contributed by atoms with van der Waals surface area (Å²) in [6.45, 7) is -0.494. The lowest BCUT2D eigenvalue weighted by Gasteiger charge is -2.10. The van der Waals surface area contributed by atoms with Gasteiger partial charge in [-0.15, -0.1) is 0 Å². The lowest BCUT2D eigenvalue weighted by Crippen LogP contribution is -2.20. The number of nitrogens with two attached hydrogens (primary N) is 1. The molecule has 3 aromatic heterocycles. The fraction of sp³-hybridized carbons (Fsp3) is 0.118. The quantitative estimate of drug-likeness (QED) is 0.510. The topological polar surface area (TPSA) is 133 Å². The SMILES string of the molecule is COc1ccc2c(ncc3[nH]c(=O)n(Cc4c(F)cc(S(N)(=O)=O)cc4F)c32)n1. The number of hydrogen-bond donors (Lipinski definition) is 2. The van der Waals surface area contributed by atoms with Gasteiger partial charge < -0.3 is 9.72 Å². The van der Waals surface area contributed by atoms with Crippen molar-refractivity contribution in [3.8, 4) is 5.88 Å². The Bertz CT molecular complexity index is 1420. The summed E-state index contributed by atoms with van der Waals surface area (Å²) in [5.74, 6) is -1.98. The molecule has 9 nitrogen and oxygen atoms in total. The Morgan fingerprint density at radius 2 is 1.93 bits per heavy atom. The number of nitrogens with zero attached hydrogens (tertiary/aromatic N) is 3. The van der Waals surface area contributed by atoms with Crippen molar-refractivity contribution >= 4 is 32.1 Å². The van der Waals surface area contributed by atoms with Gasteiger partial charge in [0.1, 0.15) is 11.6 Å². The molecule has 0 aliphatic heterocycles. The highest BCUT2D eigenvalue weighted by molar-refractivity contribution is 7.89. The van der Waals surface area contributed by atoms with Crippen LogP contribution in [0.1, 0.15) is 5.56 Å². The Balaban J connectivity index is 1.92. The molecule has 0 atom stereocenters. The zero-order valence-corrected chi connectivity index (χ0v) is 15.6. The standard InChI is InChI=1S/C17H13F2N5O4S/c1-28-14-3-2-9-15-13(6-21-16(9)23-14)22-17(25)24(15)7-10-11(18)4-8(5-12(10)19)29(20,26)27/h2-6H,7H2,1H3,(H,22,25)(H2,20,26,27). The Labute approximate surface area is 161 Å². The molecule has 0 bridgehead atoms. The number of benzene rings is 1. The van der Waals surface area contributed by atoms with E-state index in [1.165, 1.54) is 13.3 Å². The molecular weight excluding hydrogens is 408 g/mol. The van der Waals surface area contributed by atoms with E-state index in [1.807, 2.05) is 0 Å². The van der Waals surface area contributed by atoms with Crippen LogP contribution in [0.25, 0.3) is 22.1 Å². The molecule has 0 saturated heterocycles. The number of fused-ring (bicyclic) bond motifs is 3. The fourth-order valence-corrected chi connectivity index (χ4v) is 3.57. The summed E-state index contributed by atoms with van der Waals surface area (Å²) in [6.07, 6.45) is 1.37. The summed E-state index contributed by atoms with van der Waals surface area (Å²) in [4.78, 5) is 22.6. The van der Waals surface area contributed by atoms with E-state index in [0.29, 0.717) is 34.4 Å². The Hall–Kier alpha value is -3.38. The highest BCUT2D eigenvalue weighted by Crippen LogP contribution is 2.25. The molecule has 29 heavy (non-hydrogen) atoms. The van der Waals surface area contributed by atoms with Crippen molar-refractivity contribution in [1.29, 1.82) is 0 Å². The average Bonchev–Trinajstić information content (AvgIpc) is 2.98. The minimum absolute atomic E-state index is 0.273. The molecule has 3 N–H and O–H groups in total. The monoisotopic (exact) mass is 421 g/mol. The van der Waals surface area contributed by atoms with E-state index in [-0.39, 0.29) is 5.65 Å². The van der Waals surface area contributed by atoms with Gasteiger partial charge in [-0.3, -0.25) is 4.57 Å². The first kappa shape index (κ1) is 19.0. The largest absolute Gasteiger partial charge is 0.481 e. The number of pyridine rings is 2. The van der Waals surface area contributed by atoms with Gasteiger partial charge in [-0.1, -0.05) is 0 Å². The number of rotatable bonds is 4. The molecule has 4 aromatic rings. The molecule has 0 spiro atoms. The molecule has 150 valence electrons. The summed E-state index contributed by atoms with van der Waals surface area (Å²) in [7, 11) is -2.85. The van der Waals surface area contributed by atoms with Crippen molar-refractivity contribution in [2.75, 3.05) is 7.11 Å². The van der Waals surface area contributed by atoms with Crippen molar-refractivity contribution in [2.24, 2.45) is 5.14 Å². The Morgan fingerprint density at radius 3 is 2.55 bits per heavy atom. The number of H-pyrrole nitrogens is 1. The maximum absolute atomic E-state index is 14.5. The normalized spacial score (nSPS) is 12.0. The molecule has 0 radical (unpaired) electrons. The van der Waals surface area contributed by atoms with E-state index in [1.54, 1.807) is 12.1 Å². The molecular formula is C17H13F2N5O4S. The summed E-state index contributed by atoms with van der Waals surface area (Å²) in [6, 6.07) is 4.41. The molecule has 0 saturated carbocycles. The average molecular weight is 421 g/mol.